The zero-order valence-electron chi connectivity index (χ0n) is 14.6. The van der Waals surface area contributed by atoms with Crippen LogP contribution in [0.25, 0.3) is 0 Å². The van der Waals surface area contributed by atoms with Crippen molar-refractivity contribution >= 4 is 6.03 Å². The normalized spacial score (nSPS) is 15.5. The maximum absolute atomic E-state index is 12.4. The molecule has 0 bridgehead atoms. The molecule has 1 aliphatic heterocycles. The number of benzene rings is 1. The Kier molecular flexibility index (Phi) is 4.83. The van der Waals surface area contributed by atoms with E-state index in [1.807, 2.05) is 16.5 Å². The number of hydrogen-bond donors (Lipinski definition) is 1. The quantitative estimate of drug-likeness (QED) is 0.942. The van der Waals surface area contributed by atoms with Crippen LogP contribution in [0, 0.1) is 13.8 Å². The molecule has 24 heavy (non-hydrogen) atoms. The molecule has 2 aromatic rings. The summed E-state index contributed by atoms with van der Waals surface area (Å²) in [5, 5.41) is 11.2. The molecule has 1 aromatic heterocycles. The number of carbonyl (C=O) groups excluding carboxylic acids is 1. The van der Waals surface area contributed by atoms with Crippen LogP contribution in [-0.2, 0) is 13.6 Å². The molecule has 2 heterocycles. The van der Waals surface area contributed by atoms with Gasteiger partial charge in [0, 0.05) is 32.6 Å². The predicted molar refractivity (Wildman–Crippen MR) is 92.7 cm³/mol. The Balaban J connectivity index is 1.51. The van der Waals surface area contributed by atoms with E-state index in [4.69, 9.17) is 0 Å². The summed E-state index contributed by atoms with van der Waals surface area (Å²) in [5.74, 6) is 1.41. The molecule has 0 aliphatic carbocycles. The number of nitrogens with one attached hydrogen (secondary N) is 1. The van der Waals surface area contributed by atoms with Crippen LogP contribution in [0.4, 0.5) is 4.79 Å². The fourth-order valence-corrected chi connectivity index (χ4v) is 3.33. The van der Waals surface area contributed by atoms with Crippen LogP contribution in [0.15, 0.2) is 24.5 Å². The summed E-state index contributed by atoms with van der Waals surface area (Å²) < 4.78 is 1.97. The molecule has 6 heteroatoms. The lowest BCUT2D eigenvalue weighted by atomic mass is 9.96. The van der Waals surface area contributed by atoms with E-state index in [9.17, 15) is 4.79 Å². The molecule has 2 amide bonds. The number of carbonyl (C=O) groups is 1. The molecule has 6 nitrogen and oxygen atoms in total. The summed E-state index contributed by atoms with van der Waals surface area (Å²) in [6, 6.07) is 6.34. The van der Waals surface area contributed by atoms with Gasteiger partial charge in [-0.2, -0.15) is 0 Å². The second kappa shape index (κ2) is 7.03. The van der Waals surface area contributed by atoms with E-state index in [0.29, 0.717) is 12.5 Å². The Morgan fingerprint density at radius 2 is 2.04 bits per heavy atom. The Morgan fingerprint density at radius 1 is 1.29 bits per heavy atom. The molecule has 1 N–H and O–H groups in total. The number of rotatable bonds is 3. The van der Waals surface area contributed by atoms with Crippen molar-refractivity contribution in [1.82, 2.24) is 25.0 Å². The van der Waals surface area contributed by atoms with Crippen LogP contribution in [0.3, 0.4) is 0 Å². The van der Waals surface area contributed by atoms with E-state index in [2.05, 4.69) is 47.6 Å². The van der Waals surface area contributed by atoms with Crippen LogP contribution in [0.2, 0.25) is 0 Å². The van der Waals surface area contributed by atoms with Gasteiger partial charge in [-0.1, -0.05) is 23.8 Å². The number of likely N-dealkylation sites (tertiary alicyclic amines) is 1. The Morgan fingerprint density at radius 3 is 2.67 bits per heavy atom. The third kappa shape index (κ3) is 3.58. The fraction of sp³-hybridized carbons (Fsp3) is 0.500. The van der Waals surface area contributed by atoms with Gasteiger partial charge in [0.15, 0.2) is 0 Å². The first-order valence-electron chi connectivity index (χ1n) is 8.47. The third-order valence-electron chi connectivity index (χ3n) is 4.82. The molecule has 1 saturated heterocycles. The van der Waals surface area contributed by atoms with E-state index in [1.165, 1.54) is 16.7 Å². The first-order valence-corrected chi connectivity index (χ1v) is 8.47. The maximum Gasteiger partial charge on any atom is 0.317 e. The van der Waals surface area contributed by atoms with Gasteiger partial charge in [-0.05, 0) is 37.8 Å². The average Bonchev–Trinajstić information content (AvgIpc) is 3.00. The molecule has 128 valence electrons. The fourth-order valence-electron chi connectivity index (χ4n) is 3.33. The number of aromatic nitrogens is 3. The van der Waals surface area contributed by atoms with Crippen molar-refractivity contribution in [1.29, 1.82) is 0 Å². The molecular weight excluding hydrogens is 302 g/mol. The van der Waals surface area contributed by atoms with E-state index >= 15 is 0 Å². The first-order chi connectivity index (χ1) is 11.5. The zero-order valence-corrected chi connectivity index (χ0v) is 14.6. The number of urea groups is 1. The molecule has 1 aromatic carbocycles. The summed E-state index contributed by atoms with van der Waals surface area (Å²) >= 11 is 0. The van der Waals surface area contributed by atoms with Crippen molar-refractivity contribution < 1.29 is 4.79 Å². The Labute approximate surface area is 142 Å². The summed E-state index contributed by atoms with van der Waals surface area (Å²) in [6.07, 6.45) is 3.60. The Hall–Kier alpha value is -2.37. The van der Waals surface area contributed by atoms with Gasteiger partial charge in [0.25, 0.3) is 0 Å². The molecule has 0 saturated carbocycles. The zero-order chi connectivity index (χ0) is 17.1. The highest BCUT2D eigenvalue weighted by Crippen LogP contribution is 2.26. The van der Waals surface area contributed by atoms with Gasteiger partial charge in [-0.25, -0.2) is 4.79 Å². The molecule has 0 unspecified atom stereocenters. The summed E-state index contributed by atoms with van der Waals surface area (Å²) in [4.78, 5) is 14.3. The number of nitrogens with zero attached hydrogens (tertiary/aromatic N) is 4. The minimum atomic E-state index is 0.0198. The minimum Gasteiger partial charge on any atom is -0.334 e. The monoisotopic (exact) mass is 327 g/mol. The lowest BCUT2D eigenvalue weighted by Gasteiger charge is -2.31. The summed E-state index contributed by atoms with van der Waals surface area (Å²) in [5.41, 5.74) is 3.63. The van der Waals surface area contributed by atoms with Gasteiger partial charge in [0.2, 0.25) is 0 Å². The highest BCUT2D eigenvalue weighted by Gasteiger charge is 2.26. The standard InChI is InChI=1S/C18H25N5O/c1-13-4-5-16(14(2)10-13)11-19-18(24)23-8-6-15(7-9-23)17-21-20-12-22(17)3/h4-5,10,12,15H,6-9,11H2,1-3H3,(H,19,24). The minimum absolute atomic E-state index is 0.0198. The predicted octanol–water partition coefficient (Wildman–Crippen LogP) is 2.52. The summed E-state index contributed by atoms with van der Waals surface area (Å²) in [6.45, 7) is 6.26. The smallest absolute Gasteiger partial charge is 0.317 e. The van der Waals surface area contributed by atoms with Crippen molar-refractivity contribution in [2.24, 2.45) is 7.05 Å². The number of aryl methyl sites for hydroxylation is 3. The van der Waals surface area contributed by atoms with E-state index in [0.717, 1.165) is 31.8 Å². The highest BCUT2D eigenvalue weighted by atomic mass is 16.2. The molecule has 1 aliphatic rings. The highest BCUT2D eigenvalue weighted by molar-refractivity contribution is 5.74. The number of amides is 2. The molecule has 0 atom stereocenters. The van der Waals surface area contributed by atoms with Gasteiger partial charge in [-0.3, -0.25) is 0 Å². The Bertz CT molecular complexity index is 716. The lowest BCUT2D eigenvalue weighted by molar-refractivity contribution is 0.179. The SMILES string of the molecule is Cc1ccc(CNC(=O)N2CCC(c3nncn3C)CC2)c(C)c1. The van der Waals surface area contributed by atoms with Gasteiger partial charge in [0.05, 0.1) is 0 Å². The summed E-state index contributed by atoms with van der Waals surface area (Å²) in [7, 11) is 1.97. The van der Waals surface area contributed by atoms with Gasteiger partial charge in [0.1, 0.15) is 12.2 Å². The number of piperidine rings is 1. The van der Waals surface area contributed by atoms with Crippen LogP contribution in [0.5, 0.6) is 0 Å². The van der Waals surface area contributed by atoms with Gasteiger partial charge < -0.3 is 14.8 Å². The van der Waals surface area contributed by atoms with Crippen LogP contribution in [-0.4, -0.2) is 38.8 Å². The van der Waals surface area contributed by atoms with E-state index in [-0.39, 0.29) is 6.03 Å². The van der Waals surface area contributed by atoms with Crippen molar-refractivity contribution in [2.75, 3.05) is 13.1 Å². The van der Waals surface area contributed by atoms with Crippen LogP contribution >= 0.6 is 0 Å². The van der Waals surface area contributed by atoms with Crippen LogP contribution in [0.1, 0.15) is 41.3 Å². The molecule has 0 radical (unpaired) electrons. The largest absolute Gasteiger partial charge is 0.334 e. The maximum atomic E-state index is 12.4. The topological polar surface area (TPSA) is 63.1 Å². The second-order valence-electron chi connectivity index (χ2n) is 6.65. The van der Waals surface area contributed by atoms with E-state index in [1.54, 1.807) is 6.33 Å². The molecule has 1 fully saturated rings. The van der Waals surface area contributed by atoms with Crippen LogP contribution < -0.4 is 5.32 Å². The van der Waals surface area contributed by atoms with Crippen molar-refractivity contribution in [2.45, 2.75) is 39.2 Å². The van der Waals surface area contributed by atoms with Crippen molar-refractivity contribution in [3.63, 3.8) is 0 Å². The van der Waals surface area contributed by atoms with Crippen molar-refractivity contribution in [3.05, 3.63) is 47.0 Å². The van der Waals surface area contributed by atoms with Crippen molar-refractivity contribution in [3.8, 4) is 0 Å². The lowest BCUT2D eigenvalue weighted by Crippen LogP contribution is -2.44. The average molecular weight is 327 g/mol. The first kappa shape index (κ1) is 16.5. The number of hydrogen-bond acceptors (Lipinski definition) is 3. The molecule has 0 spiro atoms. The third-order valence-corrected chi connectivity index (χ3v) is 4.82. The van der Waals surface area contributed by atoms with Gasteiger partial charge in [-0.15, -0.1) is 10.2 Å². The molecule has 3 rings (SSSR count). The van der Waals surface area contributed by atoms with E-state index < -0.39 is 0 Å². The van der Waals surface area contributed by atoms with Gasteiger partial charge >= 0.3 is 6.03 Å². The second-order valence-corrected chi connectivity index (χ2v) is 6.65. The molecular formula is C18H25N5O.